The number of carboxylic acids is 1. The molecule has 7 nitrogen and oxygen atoms in total. The van der Waals surface area contributed by atoms with E-state index < -0.39 is 35.5 Å². The molecule has 1 amide bonds. The molecule has 0 saturated carbocycles. The van der Waals surface area contributed by atoms with Gasteiger partial charge in [0.15, 0.2) is 11.5 Å². The number of aliphatic carboxylic acids is 1. The molecule has 2 atom stereocenters. The van der Waals surface area contributed by atoms with E-state index in [1.165, 1.54) is 12.1 Å². The summed E-state index contributed by atoms with van der Waals surface area (Å²) in [5.41, 5.74) is -0.129. The second kappa shape index (κ2) is 8.05. The maximum absolute atomic E-state index is 13.9. The van der Waals surface area contributed by atoms with Crippen molar-refractivity contribution in [2.45, 2.75) is 32.4 Å². The van der Waals surface area contributed by atoms with Crippen molar-refractivity contribution in [3.63, 3.8) is 0 Å². The molecular formula is C19H21F2N3O4. The maximum Gasteiger partial charge on any atom is 0.309 e. The lowest BCUT2D eigenvalue weighted by Crippen LogP contribution is -2.55. The first kappa shape index (κ1) is 19.9. The molecule has 0 radical (unpaired) electrons. The molecule has 1 aliphatic rings. The summed E-state index contributed by atoms with van der Waals surface area (Å²) in [5, 5.41) is 15.8. The van der Waals surface area contributed by atoms with Gasteiger partial charge in [-0.15, -0.1) is 0 Å². The first-order valence-electron chi connectivity index (χ1n) is 8.96. The van der Waals surface area contributed by atoms with Crippen LogP contribution in [0.2, 0.25) is 0 Å². The minimum Gasteiger partial charge on any atom is -0.481 e. The smallest absolute Gasteiger partial charge is 0.309 e. The number of carboxylic acid groups (broad SMARTS) is 1. The number of halogens is 2. The molecule has 1 aromatic heterocycles. The largest absolute Gasteiger partial charge is 0.481 e. The van der Waals surface area contributed by atoms with Crippen molar-refractivity contribution in [1.82, 2.24) is 15.4 Å². The fourth-order valence-electron chi connectivity index (χ4n) is 3.31. The van der Waals surface area contributed by atoms with Gasteiger partial charge in [-0.05, 0) is 32.4 Å². The number of rotatable bonds is 5. The number of piperidine rings is 1. The van der Waals surface area contributed by atoms with Crippen LogP contribution in [0.4, 0.5) is 8.78 Å². The predicted octanol–water partition coefficient (Wildman–Crippen LogP) is 2.53. The number of benzene rings is 1. The number of amides is 1. The van der Waals surface area contributed by atoms with Crippen molar-refractivity contribution in [2.24, 2.45) is 5.92 Å². The molecular weight excluding hydrogens is 372 g/mol. The summed E-state index contributed by atoms with van der Waals surface area (Å²) in [5.74, 6) is -3.92. The fraction of sp³-hybridized carbons (Fsp3) is 0.421. The molecule has 2 heterocycles. The van der Waals surface area contributed by atoms with E-state index in [2.05, 4.69) is 10.5 Å². The average Bonchev–Trinajstić information content (AvgIpc) is 3.11. The molecule has 28 heavy (non-hydrogen) atoms. The van der Waals surface area contributed by atoms with Crippen molar-refractivity contribution in [2.75, 3.05) is 13.1 Å². The predicted molar refractivity (Wildman–Crippen MR) is 95.6 cm³/mol. The van der Waals surface area contributed by atoms with Crippen LogP contribution in [0.3, 0.4) is 0 Å². The van der Waals surface area contributed by atoms with Gasteiger partial charge >= 0.3 is 5.97 Å². The third-order valence-electron chi connectivity index (χ3n) is 4.95. The lowest BCUT2D eigenvalue weighted by atomic mass is 9.91. The highest BCUT2D eigenvalue weighted by Crippen LogP contribution is 2.25. The van der Waals surface area contributed by atoms with E-state index in [1.807, 2.05) is 18.7 Å². The summed E-state index contributed by atoms with van der Waals surface area (Å²) in [7, 11) is 0. The maximum atomic E-state index is 13.9. The van der Waals surface area contributed by atoms with Crippen LogP contribution in [0.15, 0.2) is 28.8 Å². The molecule has 1 aromatic carbocycles. The molecule has 3 rings (SSSR count). The van der Waals surface area contributed by atoms with Gasteiger partial charge in [0.25, 0.3) is 5.91 Å². The van der Waals surface area contributed by atoms with E-state index in [-0.39, 0.29) is 23.1 Å². The Morgan fingerprint density at radius 3 is 2.71 bits per heavy atom. The second-order valence-corrected chi connectivity index (χ2v) is 7.10. The van der Waals surface area contributed by atoms with Gasteiger partial charge in [0, 0.05) is 37.3 Å². The molecule has 1 aliphatic heterocycles. The summed E-state index contributed by atoms with van der Waals surface area (Å²) in [6.45, 7) is 4.98. The van der Waals surface area contributed by atoms with Crippen LogP contribution in [0.25, 0.3) is 11.3 Å². The van der Waals surface area contributed by atoms with E-state index in [0.717, 1.165) is 6.07 Å². The zero-order valence-corrected chi connectivity index (χ0v) is 15.5. The number of hydrogen-bond donors (Lipinski definition) is 2. The highest BCUT2D eigenvalue weighted by atomic mass is 19.1. The zero-order valence-electron chi connectivity index (χ0n) is 15.5. The molecule has 1 saturated heterocycles. The minimum atomic E-state index is -0.982. The van der Waals surface area contributed by atoms with Crippen LogP contribution in [0.1, 0.15) is 30.8 Å². The van der Waals surface area contributed by atoms with Crippen molar-refractivity contribution in [1.29, 1.82) is 0 Å². The average molecular weight is 393 g/mol. The first-order chi connectivity index (χ1) is 13.3. The summed E-state index contributed by atoms with van der Waals surface area (Å²) < 4.78 is 31.9. The van der Waals surface area contributed by atoms with Gasteiger partial charge in [-0.1, -0.05) is 5.16 Å². The third-order valence-corrected chi connectivity index (χ3v) is 4.95. The topological polar surface area (TPSA) is 95.7 Å². The molecule has 9 heteroatoms. The number of nitrogens with one attached hydrogen (secondary N) is 1. The molecule has 2 N–H and O–H groups in total. The summed E-state index contributed by atoms with van der Waals surface area (Å²) in [6, 6.07) is 3.86. The van der Waals surface area contributed by atoms with Gasteiger partial charge < -0.3 is 14.9 Å². The van der Waals surface area contributed by atoms with E-state index in [1.54, 1.807) is 0 Å². The second-order valence-electron chi connectivity index (χ2n) is 7.10. The highest BCUT2D eigenvalue weighted by Gasteiger charge is 2.36. The Hall–Kier alpha value is -2.81. The van der Waals surface area contributed by atoms with Gasteiger partial charge in [-0.3, -0.25) is 14.5 Å². The fourth-order valence-corrected chi connectivity index (χ4v) is 3.31. The molecule has 150 valence electrons. The van der Waals surface area contributed by atoms with Crippen LogP contribution in [0, 0.1) is 17.6 Å². The molecule has 2 aromatic rings. The van der Waals surface area contributed by atoms with E-state index in [4.69, 9.17) is 4.52 Å². The van der Waals surface area contributed by atoms with Crippen molar-refractivity contribution < 1.29 is 28.0 Å². The Kier molecular flexibility index (Phi) is 5.73. The minimum absolute atomic E-state index is 0.0212. The van der Waals surface area contributed by atoms with Gasteiger partial charge in [0.05, 0.1) is 11.5 Å². The molecule has 0 aliphatic carbocycles. The number of aromatic nitrogens is 1. The van der Waals surface area contributed by atoms with Crippen LogP contribution >= 0.6 is 0 Å². The first-order valence-corrected chi connectivity index (χ1v) is 8.96. The van der Waals surface area contributed by atoms with Crippen LogP contribution < -0.4 is 5.32 Å². The van der Waals surface area contributed by atoms with Gasteiger partial charge in [0.2, 0.25) is 0 Å². The number of carbonyl (C=O) groups is 2. The SMILES string of the molecule is CC(C)N1CCC(NC(=O)c2cc(-c3ccc(F)cc3F)on2)C(C(=O)O)C1. The summed E-state index contributed by atoms with van der Waals surface area (Å²) in [6.07, 6.45) is 0.484. The van der Waals surface area contributed by atoms with Crippen molar-refractivity contribution in [3.05, 3.63) is 41.6 Å². The number of hydrogen-bond acceptors (Lipinski definition) is 5. The normalized spacial score (nSPS) is 20.3. The van der Waals surface area contributed by atoms with Gasteiger partial charge in [-0.2, -0.15) is 0 Å². The quantitative estimate of drug-likeness (QED) is 0.811. The molecule has 0 bridgehead atoms. The van der Waals surface area contributed by atoms with E-state index >= 15 is 0 Å². The highest BCUT2D eigenvalue weighted by molar-refractivity contribution is 5.93. The standard InChI is InChI=1S/C19H21F2N3O4/c1-10(2)24-6-5-15(13(9-24)19(26)27)22-18(25)16-8-17(28-23-16)12-4-3-11(20)7-14(12)21/h3-4,7-8,10,13,15H,5-6,9H2,1-2H3,(H,22,25)(H,26,27). The Morgan fingerprint density at radius 1 is 1.32 bits per heavy atom. The number of likely N-dealkylation sites (tertiary alicyclic amines) is 1. The van der Waals surface area contributed by atoms with Gasteiger partial charge in [-0.25, -0.2) is 8.78 Å². The Labute approximate surface area is 160 Å². The Balaban J connectivity index is 1.73. The molecule has 2 unspecified atom stereocenters. The van der Waals surface area contributed by atoms with Crippen LogP contribution in [-0.2, 0) is 4.79 Å². The van der Waals surface area contributed by atoms with E-state index in [0.29, 0.717) is 25.6 Å². The summed E-state index contributed by atoms with van der Waals surface area (Å²) in [4.78, 5) is 26.2. The van der Waals surface area contributed by atoms with Crippen LogP contribution in [-0.4, -0.2) is 52.2 Å². The lowest BCUT2D eigenvalue weighted by molar-refractivity contribution is -0.144. The number of carbonyl (C=O) groups excluding carboxylic acids is 1. The van der Waals surface area contributed by atoms with Gasteiger partial charge in [0.1, 0.15) is 11.6 Å². The monoisotopic (exact) mass is 393 g/mol. The Bertz CT molecular complexity index is 884. The lowest BCUT2D eigenvalue weighted by Gasteiger charge is -2.38. The molecule has 0 spiro atoms. The van der Waals surface area contributed by atoms with E-state index in [9.17, 15) is 23.5 Å². The molecule has 1 fully saturated rings. The third kappa shape index (κ3) is 4.19. The zero-order chi connectivity index (χ0) is 20.4. The van der Waals surface area contributed by atoms with Crippen molar-refractivity contribution >= 4 is 11.9 Å². The number of nitrogens with zero attached hydrogens (tertiary/aromatic N) is 2. The van der Waals surface area contributed by atoms with Crippen molar-refractivity contribution in [3.8, 4) is 11.3 Å². The Morgan fingerprint density at radius 2 is 2.07 bits per heavy atom. The summed E-state index contributed by atoms with van der Waals surface area (Å²) >= 11 is 0. The van der Waals surface area contributed by atoms with Crippen LogP contribution in [0.5, 0.6) is 0 Å².